The van der Waals surface area contributed by atoms with E-state index in [4.69, 9.17) is 9.47 Å². The number of carbonyl (C=O) groups is 1. The third-order valence-electron chi connectivity index (χ3n) is 5.19. The maximum Gasteiger partial charge on any atom is 0.234 e. The largest absolute Gasteiger partial charge is 0.492 e. The molecule has 7 nitrogen and oxygen atoms in total. The SMILES string of the molecule is CCOc1cc2c(cc1NC(=O)CSc1nncn1-c1ccc(C)c(C)c1)O[C@H](C)C2. The first-order chi connectivity index (χ1) is 14.9. The Morgan fingerprint density at radius 2 is 2.13 bits per heavy atom. The van der Waals surface area contributed by atoms with Crippen LogP contribution >= 0.6 is 11.8 Å². The van der Waals surface area contributed by atoms with Gasteiger partial charge in [0.15, 0.2) is 5.16 Å². The van der Waals surface area contributed by atoms with Crippen molar-refractivity contribution in [3.63, 3.8) is 0 Å². The highest BCUT2D eigenvalue weighted by atomic mass is 32.2. The van der Waals surface area contributed by atoms with E-state index in [9.17, 15) is 4.79 Å². The second-order valence-electron chi connectivity index (χ2n) is 7.61. The summed E-state index contributed by atoms with van der Waals surface area (Å²) >= 11 is 1.34. The normalized spacial score (nSPS) is 14.8. The molecule has 162 valence electrons. The van der Waals surface area contributed by atoms with Gasteiger partial charge in [-0.2, -0.15) is 0 Å². The van der Waals surface area contributed by atoms with Gasteiger partial charge in [0.1, 0.15) is 23.9 Å². The fraction of sp³-hybridized carbons (Fsp3) is 0.348. The molecule has 31 heavy (non-hydrogen) atoms. The number of ether oxygens (including phenoxy) is 2. The zero-order valence-corrected chi connectivity index (χ0v) is 19.0. The van der Waals surface area contributed by atoms with Crippen LogP contribution in [0.2, 0.25) is 0 Å². The molecule has 2 aromatic carbocycles. The summed E-state index contributed by atoms with van der Waals surface area (Å²) in [5, 5.41) is 11.8. The Hall–Kier alpha value is -3.00. The Morgan fingerprint density at radius 3 is 2.90 bits per heavy atom. The van der Waals surface area contributed by atoms with Crippen molar-refractivity contribution >= 4 is 23.4 Å². The van der Waals surface area contributed by atoms with Crippen LogP contribution in [0.1, 0.15) is 30.5 Å². The van der Waals surface area contributed by atoms with Crippen LogP contribution in [0.4, 0.5) is 5.69 Å². The van der Waals surface area contributed by atoms with Gasteiger partial charge < -0.3 is 14.8 Å². The fourth-order valence-corrected chi connectivity index (χ4v) is 4.23. The van der Waals surface area contributed by atoms with E-state index in [1.165, 1.54) is 22.9 Å². The number of nitrogens with zero attached hydrogens (tertiary/aromatic N) is 3. The van der Waals surface area contributed by atoms with Gasteiger partial charge in [-0.1, -0.05) is 17.8 Å². The smallest absolute Gasteiger partial charge is 0.234 e. The zero-order valence-electron chi connectivity index (χ0n) is 18.1. The monoisotopic (exact) mass is 438 g/mol. The van der Waals surface area contributed by atoms with E-state index in [1.54, 1.807) is 6.33 Å². The van der Waals surface area contributed by atoms with Crippen molar-refractivity contribution < 1.29 is 14.3 Å². The van der Waals surface area contributed by atoms with Crippen LogP contribution in [-0.2, 0) is 11.2 Å². The highest BCUT2D eigenvalue weighted by Crippen LogP contribution is 2.38. The minimum atomic E-state index is -0.147. The van der Waals surface area contributed by atoms with Crippen molar-refractivity contribution in [3.05, 3.63) is 53.3 Å². The molecule has 3 aromatic rings. The number of nitrogens with one attached hydrogen (secondary N) is 1. The molecular weight excluding hydrogens is 412 g/mol. The van der Waals surface area contributed by atoms with Crippen molar-refractivity contribution in [3.8, 4) is 17.2 Å². The van der Waals surface area contributed by atoms with Crippen LogP contribution in [-0.4, -0.2) is 39.1 Å². The van der Waals surface area contributed by atoms with E-state index >= 15 is 0 Å². The van der Waals surface area contributed by atoms with E-state index in [1.807, 2.05) is 36.6 Å². The molecule has 0 unspecified atom stereocenters. The summed E-state index contributed by atoms with van der Waals surface area (Å²) in [7, 11) is 0. The average Bonchev–Trinajstić information content (AvgIpc) is 3.34. The third kappa shape index (κ3) is 4.69. The number of hydrogen-bond donors (Lipinski definition) is 1. The highest BCUT2D eigenvalue weighted by Gasteiger charge is 2.23. The van der Waals surface area contributed by atoms with Gasteiger partial charge >= 0.3 is 0 Å². The predicted molar refractivity (Wildman–Crippen MR) is 122 cm³/mol. The van der Waals surface area contributed by atoms with Gasteiger partial charge in [-0.3, -0.25) is 9.36 Å². The first kappa shape index (κ1) is 21.2. The Labute approximate surface area is 186 Å². The predicted octanol–water partition coefficient (Wildman–Crippen LogP) is 4.34. The molecular formula is C23H26N4O3S. The first-order valence-electron chi connectivity index (χ1n) is 10.3. The summed E-state index contributed by atoms with van der Waals surface area (Å²) in [4.78, 5) is 12.7. The molecule has 2 heterocycles. The summed E-state index contributed by atoms with van der Waals surface area (Å²) < 4.78 is 13.5. The number of anilines is 1. The van der Waals surface area contributed by atoms with E-state index in [0.717, 1.165) is 23.4 Å². The molecule has 0 saturated carbocycles. The van der Waals surface area contributed by atoms with Gasteiger partial charge in [-0.25, -0.2) is 0 Å². The number of aromatic nitrogens is 3. The van der Waals surface area contributed by atoms with Crippen LogP contribution in [0.25, 0.3) is 5.69 Å². The molecule has 0 bridgehead atoms. The van der Waals surface area contributed by atoms with Crippen LogP contribution in [0.5, 0.6) is 11.5 Å². The number of thioether (sulfide) groups is 1. The summed E-state index contributed by atoms with van der Waals surface area (Å²) in [5.41, 5.74) is 5.11. The summed E-state index contributed by atoms with van der Waals surface area (Å²) in [6.07, 6.45) is 2.63. The fourth-order valence-electron chi connectivity index (χ4n) is 3.50. The minimum absolute atomic E-state index is 0.128. The Kier molecular flexibility index (Phi) is 6.18. The molecule has 1 aliphatic heterocycles. The number of carbonyl (C=O) groups excluding carboxylic acids is 1. The number of aryl methyl sites for hydroxylation is 2. The van der Waals surface area contributed by atoms with Crippen molar-refractivity contribution in [2.45, 2.75) is 45.4 Å². The topological polar surface area (TPSA) is 78.3 Å². The third-order valence-corrected chi connectivity index (χ3v) is 6.13. The summed E-state index contributed by atoms with van der Waals surface area (Å²) in [5.74, 6) is 1.51. The maximum atomic E-state index is 12.7. The van der Waals surface area contributed by atoms with E-state index in [0.29, 0.717) is 23.2 Å². The first-order valence-corrected chi connectivity index (χ1v) is 11.3. The molecule has 0 aliphatic carbocycles. The van der Waals surface area contributed by atoms with E-state index in [2.05, 4.69) is 41.5 Å². The lowest BCUT2D eigenvalue weighted by Crippen LogP contribution is -2.15. The van der Waals surface area contributed by atoms with Crippen molar-refractivity contribution in [1.29, 1.82) is 0 Å². The number of amides is 1. The van der Waals surface area contributed by atoms with Crippen LogP contribution in [0.3, 0.4) is 0 Å². The zero-order chi connectivity index (χ0) is 22.0. The molecule has 4 rings (SSSR count). The van der Waals surface area contributed by atoms with Gasteiger partial charge in [0.2, 0.25) is 5.91 Å². The van der Waals surface area contributed by atoms with E-state index in [-0.39, 0.29) is 17.8 Å². The minimum Gasteiger partial charge on any atom is -0.492 e. The van der Waals surface area contributed by atoms with Crippen LogP contribution < -0.4 is 14.8 Å². The van der Waals surface area contributed by atoms with Gasteiger partial charge in [0.05, 0.1) is 18.0 Å². The Morgan fingerprint density at radius 1 is 1.29 bits per heavy atom. The molecule has 1 aromatic heterocycles. The quantitative estimate of drug-likeness (QED) is 0.553. The van der Waals surface area contributed by atoms with Crippen molar-refractivity contribution in [2.24, 2.45) is 0 Å². The van der Waals surface area contributed by atoms with Crippen LogP contribution in [0.15, 0.2) is 41.8 Å². The second-order valence-corrected chi connectivity index (χ2v) is 8.55. The number of fused-ring (bicyclic) bond motifs is 1. The molecule has 8 heteroatoms. The lowest BCUT2D eigenvalue weighted by atomic mass is 10.1. The highest BCUT2D eigenvalue weighted by molar-refractivity contribution is 7.99. The summed E-state index contributed by atoms with van der Waals surface area (Å²) in [6, 6.07) is 9.99. The Balaban J connectivity index is 1.46. The molecule has 0 fully saturated rings. The average molecular weight is 439 g/mol. The number of hydrogen-bond acceptors (Lipinski definition) is 6. The van der Waals surface area contributed by atoms with Gasteiger partial charge in [-0.05, 0) is 57.0 Å². The molecule has 0 saturated heterocycles. The molecule has 1 N–H and O–H groups in total. The lowest BCUT2D eigenvalue weighted by molar-refractivity contribution is -0.113. The number of benzene rings is 2. The second kappa shape index (κ2) is 9.01. The van der Waals surface area contributed by atoms with Crippen LogP contribution in [0, 0.1) is 13.8 Å². The van der Waals surface area contributed by atoms with Gasteiger partial charge in [0, 0.05) is 23.7 Å². The molecule has 1 aliphatic rings. The molecule has 0 spiro atoms. The standard InChI is InChI=1S/C23H26N4O3S/c1-5-29-21-10-17-9-16(4)30-20(17)11-19(21)25-22(28)12-31-23-26-24-13-27(23)18-7-6-14(2)15(3)8-18/h6-8,10-11,13,16H,5,9,12H2,1-4H3,(H,25,28)/t16-/m1/s1. The number of rotatable bonds is 7. The molecule has 1 atom stereocenters. The van der Waals surface area contributed by atoms with E-state index < -0.39 is 0 Å². The van der Waals surface area contributed by atoms with Gasteiger partial charge in [0.25, 0.3) is 0 Å². The molecule has 0 radical (unpaired) electrons. The maximum absolute atomic E-state index is 12.7. The lowest BCUT2D eigenvalue weighted by Gasteiger charge is -2.13. The molecule has 1 amide bonds. The van der Waals surface area contributed by atoms with Crippen molar-refractivity contribution in [2.75, 3.05) is 17.7 Å². The van der Waals surface area contributed by atoms with Gasteiger partial charge in [-0.15, -0.1) is 10.2 Å². The summed E-state index contributed by atoms with van der Waals surface area (Å²) in [6.45, 7) is 8.62. The van der Waals surface area contributed by atoms with Crippen molar-refractivity contribution in [1.82, 2.24) is 14.8 Å². The Bertz CT molecular complexity index is 1110.